The molecule has 0 saturated heterocycles. The highest BCUT2D eigenvalue weighted by Gasteiger charge is 2.07. The van der Waals surface area contributed by atoms with E-state index in [2.05, 4.69) is 41.1 Å². The van der Waals surface area contributed by atoms with Crippen molar-refractivity contribution in [3.63, 3.8) is 0 Å². The molecule has 1 aromatic heterocycles. The molecule has 0 atom stereocenters. The van der Waals surface area contributed by atoms with Crippen molar-refractivity contribution in [2.24, 2.45) is 0 Å². The van der Waals surface area contributed by atoms with Crippen molar-refractivity contribution in [2.75, 3.05) is 5.73 Å². The third-order valence-electron chi connectivity index (χ3n) is 2.38. The summed E-state index contributed by atoms with van der Waals surface area (Å²) in [5.74, 6) is 4.35. The zero-order valence-electron chi connectivity index (χ0n) is 11.4. The van der Waals surface area contributed by atoms with Crippen LogP contribution < -0.4 is 5.73 Å². The first-order chi connectivity index (χ1) is 8.94. The molecule has 0 spiro atoms. The molecule has 19 heavy (non-hydrogen) atoms. The molecule has 0 aliphatic rings. The number of hydrogen-bond donors (Lipinski definition) is 1. The third-order valence-corrected chi connectivity index (χ3v) is 3.25. The molecule has 2 rings (SSSR count). The minimum Gasteiger partial charge on any atom is -0.384 e. The lowest BCUT2D eigenvalue weighted by atomic mass is 10.1. The Morgan fingerprint density at radius 1 is 1.16 bits per heavy atom. The van der Waals surface area contributed by atoms with Crippen LogP contribution in [0.25, 0.3) is 11.4 Å². The summed E-state index contributed by atoms with van der Waals surface area (Å²) in [7, 11) is -1.36. The van der Waals surface area contributed by atoms with Crippen molar-refractivity contribution in [1.82, 2.24) is 9.97 Å². The van der Waals surface area contributed by atoms with E-state index in [4.69, 9.17) is 5.73 Å². The van der Waals surface area contributed by atoms with E-state index in [9.17, 15) is 0 Å². The van der Waals surface area contributed by atoms with Crippen molar-refractivity contribution >= 4 is 13.9 Å². The van der Waals surface area contributed by atoms with Gasteiger partial charge in [0.05, 0.1) is 0 Å². The Morgan fingerprint density at radius 2 is 1.95 bits per heavy atom. The predicted octanol–water partition coefficient (Wildman–Crippen LogP) is 2.95. The van der Waals surface area contributed by atoms with Crippen LogP contribution in [0.15, 0.2) is 36.5 Å². The highest BCUT2D eigenvalue weighted by atomic mass is 28.3. The Kier molecular flexibility index (Phi) is 3.68. The molecular formula is C15H17N3Si. The lowest BCUT2D eigenvalue weighted by Crippen LogP contribution is -2.16. The fourth-order valence-electron chi connectivity index (χ4n) is 1.51. The lowest BCUT2D eigenvalue weighted by molar-refractivity contribution is 1.18. The number of benzene rings is 1. The van der Waals surface area contributed by atoms with Crippen LogP contribution in [0, 0.1) is 11.5 Å². The topological polar surface area (TPSA) is 51.8 Å². The Morgan fingerprint density at radius 3 is 2.63 bits per heavy atom. The van der Waals surface area contributed by atoms with Gasteiger partial charge in [0.2, 0.25) is 0 Å². The van der Waals surface area contributed by atoms with Crippen LogP contribution >= 0.6 is 0 Å². The van der Waals surface area contributed by atoms with Crippen molar-refractivity contribution in [2.45, 2.75) is 19.6 Å². The van der Waals surface area contributed by atoms with E-state index in [1.54, 1.807) is 12.3 Å². The second-order valence-corrected chi connectivity index (χ2v) is 10.1. The van der Waals surface area contributed by atoms with Gasteiger partial charge in [-0.25, -0.2) is 9.97 Å². The van der Waals surface area contributed by atoms with Gasteiger partial charge >= 0.3 is 0 Å². The van der Waals surface area contributed by atoms with Crippen molar-refractivity contribution in [1.29, 1.82) is 0 Å². The molecular weight excluding hydrogens is 250 g/mol. The van der Waals surface area contributed by atoms with Gasteiger partial charge in [-0.1, -0.05) is 37.7 Å². The number of nitrogen functional groups attached to an aromatic ring is 1. The first-order valence-corrected chi connectivity index (χ1v) is 9.66. The Hall–Kier alpha value is -2.12. The van der Waals surface area contributed by atoms with Crippen LogP contribution in [0.1, 0.15) is 5.56 Å². The quantitative estimate of drug-likeness (QED) is 0.638. The van der Waals surface area contributed by atoms with Crippen LogP contribution in [0.5, 0.6) is 0 Å². The Balaban J connectivity index is 2.37. The zero-order valence-corrected chi connectivity index (χ0v) is 12.4. The van der Waals surface area contributed by atoms with Gasteiger partial charge < -0.3 is 5.73 Å². The molecule has 0 radical (unpaired) electrons. The monoisotopic (exact) mass is 267 g/mol. The molecule has 2 aromatic rings. The minimum atomic E-state index is -1.36. The smallest absolute Gasteiger partial charge is 0.161 e. The predicted molar refractivity (Wildman–Crippen MR) is 82.1 cm³/mol. The minimum absolute atomic E-state index is 0.476. The van der Waals surface area contributed by atoms with E-state index in [1.807, 2.05) is 24.3 Å². The highest BCUT2D eigenvalue weighted by Crippen LogP contribution is 2.16. The van der Waals surface area contributed by atoms with Gasteiger partial charge in [0.1, 0.15) is 13.9 Å². The maximum absolute atomic E-state index is 5.68. The average Bonchev–Trinajstić information content (AvgIpc) is 2.36. The zero-order chi connectivity index (χ0) is 13.9. The molecule has 0 aliphatic heterocycles. The largest absolute Gasteiger partial charge is 0.384 e. The molecule has 2 N–H and O–H groups in total. The van der Waals surface area contributed by atoms with Crippen LogP contribution in [0.2, 0.25) is 19.6 Å². The molecule has 1 heterocycles. The summed E-state index contributed by atoms with van der Waals surface area (Å²) >= 11 is 0. The summed E-state index contributed by atoms with van der Waals surface area (Å²) < 4.78 is 0. The molecule has 1 aromatic carbocycles. The molecule has 96 valence electrons. The van der Waals surface area contributed by atoms with Crippen molar-refractivity contribution in [3.05, 3.63) is 42.1 Å². The van der Waals surface area contributed by atoms with Gasteiger partial charge in [-0.15, -0.1) is 5.54 Å². The first-order valence-electron chi connectivity index (χ1n) is 6.16. The van der Waals surface area contributed by atoms with Gasteiger partial charge in [0, 0.05) is 17.3 Å². The number of anilines is 1. The number of nitrogens with two attached hydrogens (primary N) is 1. The molecule has 3 nitrogen and oxygen atoms in total. The van der Waals surface area contributed by atoms with Gasteiger partial charge in [0.25, 0.3) is 0 Å². The maximum atomic E-state index is 5.68. The summed E-state index contributed by atoms with van der Waals surface area (Å²) in [5.41, 5.74) is 11.0. The summed E-state index contributed by atoms with van der Waals surface area (Å²) in [4.78, 5) is 8.45. The van der Waals surface area contributed by atoms with Gasteiger partial charge in [-0.2, -0.15) is 0 Å². The van der Waals surface area contributed by atoms with Crippen molar-refractivity contribution in [3.8, 4) is 22.9 Å². The second-order valence-electron chi connectivity index (χ2n) is 5.39. The molecule has 0 saturated carbocycles. The summed E-state index contributed by atoms with van der Waals surface area (Å²) in [6.45, 7) is 6.68. The fourth-order valence-corrected chi connectivity index (χ4v) is 2.03. The van der Waals surface area contributed by atoms with Crippen LogP contribution in [0.3, 0.4) is 0 Å². The number of nitrogens with zero attached hydrogens (tertiary/aromatic N) is 2. The summed E-state index contributed by atoms with van der Waals surface area (Å²) in [6.07, 6.45) is 1.66. The molecule has 0 unspecified atom stereocenters. The van der Waals surface area contributed by atoms with E-state index < -0.39 is 8.07 Å². The Bertz CT molecular complexity index is 648. The van der Waals surface area contributed by atoms with Crippen LogP contribution in [-0.2, 0) is 0 Å². The van der Waals surface area contributed by atoms with E-state index in [0.29, 0.717) is 11.6 Å². The number of hydrogen-bond acceptors (Lipinski definition) is 3. The van der Waals surface area contributed by atoms with Crippen LogP contribution in [-0.4, -0.2) is 18.0 Å². The SMILES string of the molecule is C[Si](C)(C)C#Cc1cccc(-c2nccc(N)n2)c1. The molecule has 4 heteroatoms. The number of rotatable bonds is 1. The van der Waals surface area contributed by atoms with E-state index >= 15 is 0 Å². The van der Waals surface area contributed by atoms with E-state index in [0.717, 1.165) is 11.1 Å². The van der Waals surface area contributed by atoms with Gasteiger partial charge in [0.15, 0.2) is 5.82 Å². The Labute approximate surface area is 114 Å². The maximum Gasteiger partial charge on any atom is 0.161 e. The molecule has 0 amide bonds. The standard InChI is InChI=1S/C15H17N3Si/c1-19(2,3)10-8-12-5-4-6-13(11-12)15-17-9-7-14(16)18-15/h4-7,9,11H,1-3H3,(H2,16,17,18). The highest BCUT2D eigenvalue weighted by molar-refractivity contribution is 6.83. The number of aromatic nitrogens is 2. The van der Waals surface area contributed by atoms with Crippen molar-refractivity contribution < 1.29 is 0 Å². The molecule has 0 bridgehead atoms. The van der Waals surface area contributed by atoms with E-state index in [1.165, 1.54) is 0 Å². The fraction of sp³-hybridized carbons (Fsp3) is 0.200. The summed E-state index contributed by atoms with van der Waals surface area (Å²) in [6, 6.07) is 9.62. The lowest BCUT2D eigenvalue weighted by Gasteiger charge is -2.04. The van der Waals surface area contributed by atoms with E-state index in [-0.39, 0.29) is 0 Å². The second kappa shape index (κ2) is 5.25. The van der Waals surface area contributed by atoms with Gasteiger partial charge in [-0.3, -0.25) is 0 Å². The third kappa shape index (κ3) is 3.93. The van der Waals surface area contributed by atoms with Crippen LogP contribution in [0.4, 0.5) is 5.82 Å². The summed E-state index contributed by atoms with van der Waals surface area (Å²) in [5, 5.41) is 0. The first kappa shape index (κ1) is 13.3. The molecule has 0 fully saturated rings. The molecule has 0 aliphatic carbocycles. The average molecular weight is 267 g/mol. The normalized spacial score (nSPS) is 10.7. The van der Waals surface area contributed by atoms with Gasteiger partial charge in [-0.05, 0) is 18.2 Å².